The van der Waals surface area contributed by atoms with E-state index in [9.17, 15) is 13.9 Å². The van der Waals surface area contributed by atoms with E-state index in [0.717, 1.165) is 23.4 Å². The van der Waals surface area contributed by atoms with Gasteiger partial charge in [0, 0.05) is 12.6 Å². The summed E-state index contributed by atoms with van der Waals surface area (Å²) in [4.78, 5) is 0. The number of halogens is 2. The number of fused-ring (bicyclic) bond motifs is 1. The Bertz CT molecular complexity index is 723. The fourth-order valence-electron chi connectivity index (χ4n) is 2.57. The molecule has 24 heavy (non-hydrogen) atoms. The Balaban J connectivity index is 1.62. The molecule has 0 saturated heterocycles. The van der Waals surface area contributed by atoms with E-state index in [1.54, 1.807) is 0 Å². The molecule has 2 aromatic carbocycles. The molecule has 4 nitrogen and oxygen atoms in total. The van der Waals surface area contributed by atoms with Gasteiger partial charge in [0.2, 0.25) is 0 Å². The van der Waals surface area contributed by atoms with Crippen LogP contribution in [-0.4, -0.2) is 24.9 Å². The molecule has 2 aromatic rings. The first-order chi connectivity index (χ1) is 11.5. The molecule has 3 rings (SSSR count). The van der Waals surface area contributed by atoms with E-state index in [2.05, 4.69) is 5.32 Å². The molecular formula is C18H19F2NO3. The van der Waals surface area contributed by atoms with E-state index >= 15 is 0 Å². The van der Waals surface area contributed by atoms with Gasteiger partial charge in [0.25, 0.3) is 0 Å². The van der Waals surface area contributed by atoms with Crippen molar-refractivity contribution in [1.82, 2.24) is 5.32 Å². The average Bonchev–Trinajstić information content (AvgIpc) is 2.61. The first kappa shape index (κ1) is 16.7. The molecule has 0 saturated carbocycles. The number of rotatable bonds is 5. The van der Waals surface area contributed by atoms with Gasteiger partial charge in [-0.25, -0.2) is 8.78 Å². The van der Waals surface area contributed by atoms with Gasteiger partial charge >= 0.3 is 0 Å². The summed E-state index contributed by atoms with van der Waals surface area (Å²) in [5, 5.41) is 13.3. The van der Waals surface area contributed by atoms with Gasteiger partial charge in [-0.2, -0.15) is 0 Å². The maximum atomic E-state index is 13.2. The summed E-state index contributed by atoms with van der Waals surface area (Å²) in [5.41, 5.74) is 1.31. The zero-order valence-corrected chi connectivity index (χ0v) is 13.3. The summed E-state index contributed by atoms with van der Waals surface area (Å²) in [6, 6.07) is 9.02. The monoisotopic (exact) mass is 335 g/mol. The number of aliphatic hydroxyl groups excluding tert-OH is 1. The molecule has 6 heteroatoms. The minimum Gasteiger partial charge on any atom is -0.486 e. The SMILES string of the molecule is CC(NCC(O)c1ccc(F)c(F)c1)c1ccc2c(c1)OCCO2. The lowest BCUT2D eigenvalue weighted by molar-refractivity contribution is 0.168. The molecule has 0 spiro atoms. The Morgan fingerprint density at radius 3 is 2.46 bits per heavy atom. The third kappa shape index (κ3) is 3.66. The van der Waals surface area contributed by atoms with Crippen molar-refractivity contribution in [2.24, 2.45) is 0 Å². The van der Waals surface area contributed by atoms with Crippen molar-refractivity contribution in [2.75, 3.05) is 19.8 Å². The first-order valence-electron chi connectivity index (χ1n) is 7.80. The number of hydrogen-bond donors (Lipinski definition) is 2. The predicted octanol–water partition coefficient (Wildman–Crippen LogP) is 3.12. The Morgan fingerprint density at radius 2 is 1.71 bits per heavy atom. The van der Waals surface area contributed by atoms with Crippen LogP contribution in [0.2, 0.25) is 0 Å². The average molecular weight is 335 g/mol. The van der Waals surface area contributed by atoms with Gasteiger partial charge in [-0.05, 0) is 42.3 Å². The summed E-state index contributed by atoms with van der Waals surface area (Å²) in [6.07, 6.45) is -0.931. The lowest BCUT2D eigenvalue weighted by Gasteiger charge is -2.22. The van der Waals surface area contributed by atoms with Crippen LogP contribution in [0, 0.1) is 11.6 Å². The van der Waals surface area contributed by atoms with Crippen LogP contribution in [0.15, 0.2) is 36.4 Å². The normalized spacial score (nSPS) is 15.8. The first-order valence-corrected chi connectivity index (χ1v) is 7.80. The maximum Gasteiger partial charge on any atom is 0.161 e. The van der Waals surface area contributed by atoms with Crippen LogP contribution in [0.1, 0.15) is 30.2 Å². The van der Waals surface area contributed by atoms with Crippen molar-refractivity contribution in [1.29, 1.82) is 0 Å². The van der Waals surface area contributed by atoms with Gasteiger partial charge in [0.1, 0.15) is 13.2 Å². The molecule has 1 aliphatic rings. The van der Waals surface area contributed by atoms with Crippen molar-refractivity contribution in [3.8, 4) is 11.5 Å². The van der Waals surface area contributed by atoms with Crippen LogP contribution in [0.3, 0.4) is 0 Å². The number of benzene rings is 2. The van der Waals surface area contributed by atoms with Crippen molar-refractivity contribution in [2.45, 2.75) is 19.1 Å². The molecule has 0 amide bonds. The smallest absolute Gasteiger partial charge is 0.161 e. The highest BCUT2D eigenvalue weighted by molar-refractivity contribution is 5.44. The van der Waals surface area contributed by atoms with Crippen LogP contribution in [-0.2, 0) is 0 Å². The summed E-state index contributed by atoms with van der Waals surface area (Å²) in [7, 11) is 0. The fraction of sp³-hybridized carbons (Fsp3) is 0.333. The number of ether oxygens (including phenoxy) is 2. The Hall–Kier alpha value is -2.18. The second-order valence-electron chi connectivity index (χ2n) is 5.72. The van der Waals surface area contributed by atoms with E-state index in [1.807, 2.05) is 25.1 Å². The van der Waals surface area contributed by atoms with Crippen LogP contribution in [0.4, 0.5) is 8.78 Å². The van der Waals surface area contributed by atoms with Crippen molar-refractivity contribution in [3.63, 3.8) is 0 Å². The van der Waals surface area contributed by atoms with Crippen LogP contribution in [0.5, 0.6) is 11.5 Å². The van der Waals surface area contributed by atoms with Crippen molar-refractivity contribution in [3.05, 3.63) is 59.2 Å². The molecule has 0 radical (unpaired) electrons. The van der Waals surface area contributed by atoms with Crippen LogP contribution in [0.25, 0.3) is 0 Å². The van der Waals surface area contributed by atoms with E-state index in [1.165, 1.54) is 6.07 Å². The molecular weight excluding hydrogens is 316 g/mol. The largest absolute Gasteiger partial charge is 0.486 e. The zero-order chi connectivity index (χ0) is 17.1. The van der Waals surface area contributed by atoms with Crippen molar-refractivity contribution < 1.29 is 23.4 Å². The molecule has 0 aliphatic carbocycles. The fourth-order valence-corrected chi connectivity index (χ4v) is 2.57. The highest BCUT2D eigenvalue weighted by Crippen LogP contribution is 2.32. The zero-order valence-electron chi connectivity index (χ0n) is 13.3. The Morgan fingerprint density at radius 1 is 1.00 bits per heavy atom. The highest BCUT2D eigenvalue weighted by Gasteiger charge is 2.16. The van der Waals surface area contributed by atoms with Gasteiger partial charge in [0.15, 0.2) is 23.1 Å². The molecule has 0 bridgehead atoms. The molecule has 128 valence electrons. The van der Waals surface area contributed by atoms with Gasteiger partial charge in [-0.3, -0.25) is 0 Å². The van der Waals surface area contributed by atoms with Gasteiger partial charge in [-0.1, -0.05) is 12.1 Å². The van der Waals surface area contributed by atoms with Crippen molar-refractivity contribution >= 4 is 0 Å². The molecule has 0 aromatic heterocycles. The van der Waals surface area contributed by atoms with Gasteiger partial charge < -0.3 is 19.9 Å². The van der Waals surface area contributed by atoms with Crippen LogP contribution >= 0.6 is 0 Å². The topological polar surface area (TPSA) is 50.7 Å². The Labute approximate surface area is 139 Å². The second kappa shape index (κ2) is 7.15. The van der Waals surface area contributed by atoms with Gasteiger partial charge in [0.05, 0.1) is 6.10 Å². The predicted molar refractivity (Wildman–Crippen MR) is 85.2 cm³/mol. The number of aliphatic hydroxyl groups is 1. The lowest BCUT2D eigenvalue weighted by atomic mass is 10.1. The number of hydrogen-bond acceptors (Lipinski definition) is 4. The molecule has 0 fully saturated rings. The minimum absolute atomic E-state index is 0.0548. The molecule has 2 unspecified atom stereocenters. The third-order valence-corrected chi connectivity index (χ3v) is 4.01. The second-order valence-corrected chi connectivity index (χ2v) is 5.72. The summed E-state index contributed by atoms with van der Waals surface area (Å²) < 4.78 is 37.2. The summed E-state index contributed by atoms with van der Waals surface area (Å²) in [5.74, 6) is -0.470. The molecule has 1 heterocycles. The molecule has 2 N–H and O–H groups in total. The lowest BCUT2D eigenvalue weighted by Crippen LogP contribution is -2.25. The maximum absolute atomic E-state index is 13.2. The standard InChI is InChI=1S/C18H19F2NO3/c1-11(12-3-5-17-18(9-12)24-7-6-23-17)21-10-16(22)13-2-4-14(19)15(20)8-13/h2-5,8-9,11,16,21-22H,6-7,10H2,1H3. The van der Waals surface area contributed by atoms with Crippen LogP contribution < -0.4 is 14.8 Å². The molecule has 2 atom stereocenters. The summed E-state index contributed by atoms with van der Waals surface area (Å²) in [6.45, 7) is 3.22. The number of nitrogens with one attached hydrogen (secondary N) is 1. The quantitative estimate of drug-likeness (QED) is 0.881. The van der Waals surface area contributed by atoms with E-state index < -0.39 is 17.7 Å². The van der Waals surface area contributed by atoms with E-state index in [4.69, 9.17) is 9.47 Å². The highest BCUT2D eigenvalue weighted by atomic mass is 19.2. The van der Waals surface area contributed by atoms with E-state index in [-0.39, 0.29) is 12.6 Å². The Kier molecular flexibility index (Phi) is 4.97. The summed E-state index contributed by atoms with van der Waals surface area (Å²) >= 11 is 0. The van der Waals surface area contributed by atoms with E-state index in [0.29, 0.717) is 24.5 Å². The third-order valence-electron chi connectivity index (χ3n) is 4.01. The van der Waals surface area contributed by atoms with Gasteiger partial charge in [-0.15, -0.1) is 0 Å². The minimum atomic E-state index is -0.966. The molecule has 1 aliphatic heterocycles.